The highest BCUT2D eigenvalue weighted by molar-refractivity contribution is 6.11. The van der Waals surface area contributed by atoms with E-state index in [-0.39, 0.29) is 12.4 Å². The molecule has 3 aromatic rings. The zero-order valence-corrected chi connectivity index (χ0v) is 16.6. The third-order valence-corrected chi connectivity index (χ3v) is 4.75. The van der Waals surface area contributed by atoms with E-state index in [1.54, 1.807) is 31.4 Å². The van der Waals surface area contributed by atoms with Gasteiger partial charge in [0.05, 0.1) is 24.8 Å². The van der Waals surface area contributed by atoms with Gasteiger partial charge in [0.2, 0.25) is 17.8 Å². The Hall–Kier alpha value is -4.21. The molecule has 4 N–H and O–H groups in total. The van der Waals surface area contributed by atoms with Crippen molar-refractivity contribution in [2.45, 2.75) is 18.9 Å². The molecule has 1 aliphatic heterocycles. The van der Waals surface area contributed by atoms with E-state index in [4.69, 9.17) is 4.74 Å². The predicted molar refractivity (Wildman–Crippen MR) is 112 cm³/mol. The monoisotopic (exact) mass is 420 g/mol. The van der Waals surface area contributed by atoms with Crippen molar-refractivity contribution in [1.29, 1.82) is 0 Å². The number of benzene rings is 2. The number of amides is 3. The SMILES string of the molecule is COc1ccc(Cc2nc(NC(=O)C[C@@H]3NC(=O)c4ccccc4NC3=O)n[nH]2)cc1. The summed E-state index contributed by atoms with van der Waals surface area (Å²) in [5, 5.41) is 14.5. The zero-order valence-electron chi connectivity index (χ0n) is 16.6. The number of para-hydroxylation sites is 1. The fourth-order valence-electron chi connectivity index (χ4n) is 3.18. The highest BCUT2D eigenvalue weighted by Gasteiger charge is 2.29. The normalized spacial score (nSPS) is 15.3. The number of rotatable bonds is 6. The maximum Gasteiger partial charge on any atom is 0.254 e. The van der Waals surface area contributed by atoms with Gasteiger partial charge in [0.1, 0.15) is 17.6 Å². The molecule has 0 saturated carbocycles. The quantitative estimate of drug-likeness (QED) is 0.477. The van der Waals surface area contributed by atoms with Crippen molar-refractivity contribution in [3.8, 4) is 5.75 Å². The summed E-state index contributed by atoms with van der Waals surface area (Å²) in [6, 6.07) is 13.1. The molecule has 3 amide bonds. The van der Waals surface area contributed by atoms with Crippen LogP contribution in [0.3, 0.4) is 0 Å². The fourth-order valence-corrected chi connectivity index (χ4v) is 3.18. The van der Waals surface area contributed by atoms with Crippen LogP contribution >= 0.6 is 0 Å². The van der Waals surface area contributed by atoms with Crippen LogP contribution in [-0.4, -0.2) is 46.1 Å². The van der Waals surface area contributed by atoms with Crippen LogP contribution in [0.15, 0.2) is 48.5 Å². The number of carbonyl (C=O) groups excluding carboxylic acids is 3. The number of aromatic nitrogens is 3. The molecule has 0 aliphatic carbocycles. The van der Waals surface area contributed by atoms with Crippen molar-refractivity contribution >= 4 is 29.4 Å². The van der Waals surface area contributed by atoms with Crippen LogP contribution in [0, 0.1) is 0 Å². The second-order valence-corrected chi connectivity index (χ2v) is 6.94. The van der Waals surface area contributed by atoms with Crippen LogP contribution in [0.25, 0.3) is 0 Å². The molecule has 2 heterocycles. The third-order valence-electron chi connectivity index (χ3n) is 4.75. The number of aromatic amines is 1. The number of carbonyl (C=O) groups is 3. The number of fused-ring (bicyclic) bond motifs is 1. The Morgan fingerprint density at radius 2 is 1.90 bits per heavy atom. The molecule has 158 valence electrons. The molecule has 0 saturated heterocycles. The van der Waals surface area contributed by atoms with E-state index in [0.717, 1.165) is 11.3 Å². The van der Waals surface area contributed by atoms with E-state index >= 15 is 0 Å². The molecule has 0 unspecified atom stereocenters. The Balaban J connectivity index is 1.36. The topological polar surface area (TPSA) is 138 Å². The fraction of sp³-hybridized carbons (Fsp3) is 0.190. The lowest BCUT2D eigenvalue weighted by molar-refractivity contribution is -0.122. The summed E-state index contributed by atoms with van der Waals surface area (Å²) in [5.74, 6) is 0.0250. The predicted octanol–water partition coefficient (Wildman–Crippen LogP) is 1.48. The molecule has 0 fully saturated rings. The van der Waals surface area contributed by atoms with Crippen molar-refractivity contribution in [3.05, 3.63) is 65.5 Å². The minimum absolute atomic E-state index is 0.0946. The van der Waals surface area contributed by atoms with Crippen LogP contribution in [-0.2, 0) is 16.0 Å². The summed E-state index contributed by atoms with van der Waals surface area (Å²) in [6.07, 6.45) is 0.236. The van der Waals surface area contributed by atoms with Crippen molar-refractivity contribution in [3.63, 3.8) is 0 Å². The van der Waals surface area contributed by atoms with E-state index in [0.29, 0.717) is 23.5 Å². The van der Waals surface area contributed by atoms with Gasteiger partial charge in [-0.2, -0.15) is 4.98 Å². The molecule has 1 atom stereocenters. The molecule has 4 rings (SSSR count). The Bertz CT molecular complexity index is 1120. The first-order valence-electron chi connectivity index (χ1n) is 9.56. The third kappa shape index (κ3) is 4.69. The number of nitrogens with one attached hydrogen (secondary N) is 4. The summed E-state index contributed by atoms with van der Waals surface area (Å²) in [7, 11) is 1.60. The van der Waals surface area contributed by atoms with Gasteiger partial charge in [-0.25, -0.2) is 0 Å². The van der Waals surface area contributed by atoms with Crippen LogP contribution in [0.5, 0.6) is 5.75 Å². The minimum Gasteiger partial charge on any atom is -0.497 e. The lowest BCUT2D eigenvalue weighted by Crippen LogP contribution is -2.43. The summed E-state index contributed by atoms with van der Waals surface area (Å²) < 4.78 is 5.13. The smallest absolute Gasteiger partial charge is 0.254 e. The highest BCUT2D eigenvalue weighted by atomic mass is 16.5. The van der Waals surface area contributed by atoms with E-state index in [2.05, 4.69) is 31.1 Å². The maximum atomic E-state index is 12.4. The van der Waals surface area contributed by atoms with Gasteiger partial charge in [-0.05, 0) is 29.8 Å². The van der Waals surface area contributed by atoms with Gasteiger partial charge in [-0.1, -0.05) is 24.3 Å². The number of H-pyrrole nitrogens is 1. The summed E-state index contributed by atoms with van der Waals surface area (Å²) in [4.78, 5) is 41.4. The zero-order chi connectivity index (χ0) is 21.8. The Morgan fingerprint density at radius 1 is 1.13 bits per heavy atom. The first kappa shape index (κ1) is 20.1. The summed E-state index contributed by atoms with van der Waals surface area (Å²) in [5.41, 5.74) is 1.74. The first-order valence-corrected chi connectivity index (χ1v) is 9.56. The molecular weight excluding hydrogens is 400 g/mol. The van der Waals surface area contributed by atoms with Crippen molar-refractivity contribution in [1.82, 2.24) is 20.5 Å². The molecule has 31 heavy (non-hydrogen) atoms. The van der Waals surface area contributed by atoms with E-state index < -0.39 is 23.8 Å². The number of ether oxygens (including phenoxy) is 1. The molecule has 10 nitrogen and oxygen atoms in total. The summed E-state index contributed by atoms with van der Waals surface area (Å²) in [6.45, 7) is 0. The van der Waals surface area contributed by atoms with Crippen molar-refractivity contribution in [2.75, 3.05) is 17.7 Å². The van der Waals surface area contributed by atoms with E-state index in [1.165, 1.54) is 0 Å². The summed E-state index contributed by atoms with van der Waals surface area (Å²) >= 11 is 0. The van der Waals surface area contributed by atoms with Crippen LogP contribution in [0.4, 0.5) is 11.6 Å². The number of anilines is 2. The molecule has 2 aromatic carbocycles. The second-order valence-electron chi connectivity index (χ2n) is 6.94. The Labute approximate surface area is 177 Å². The van der Waals surface area contributed by atoms with Gasteiger partial charge in [0, 0.05) is 6.42 Å². The van der Waals surface area contributed by atoms with E-state index in [1.807, 2.05) is 24.3 Å². The van der Waals surface area contributed by atoms with Gasteiger partial charge in [0.25, 0.3) is 5.91 Å². The molecule has 1 aliphatic rings. The van der Waals surface area contributed by atoms with Crippen LogP contribution in [0.2, 0.25) is 0 Å². The van der Waals surface area contributed by atoms with Gasteiger partial charge in [-0.15, -0.1) is 5.10 Å². The second kappa shape index (κ2) is 8.66. The lowest BCUT2D eigenvalue weighted by Gasteiger charge is -2.13. The number of hydrogen-bond acceptors (Lipinski definition) is 6. The van der Waals surface area contributed by atoms with Gasteiger partial charge in [-0.3, -0.25) is 24.8 Å². The molecule has 10 heteroatoms. The number of hydrogen-bond donors (Lipinski definition) is 4. The van der Waals surface area contributed by atoms with Crippen molar-refractivity contribution in [2.24, 2.45) is 0 Å². The van der Waals surface area contributed by atoms with Crippen LogP contribution in [0.1, 0.15) is 28.2 Å². The minimum atomic E-state index is -1.02. The Kier molecular flexibility index (Phi) is 5.61. The Morgan fingerprint density at radius 3 is 2.68 bits per heavy atom. The average Bonchev–Trinajstić information content (AvgIpc) is 3.15. The molecule has 0 bridgehead atoms. The van der Waals surface area contributed by atoms with E-state index in [9.17, 15) is 14.4 Å². The highest BCUT2D eigenvalue weighted by Crippen LogP contribution is 2.19. The molecule has 0 radical (unpaired) electrons. The lowest BCUT2D eigenvalue weighted by atomic mass is 10.1. The average molecular weight is 420 g/mol. The van der Waals surface area contributed by atoms with Crippen molar-refractivity contribution < 1.29 is 19.1 Å². The first-order chi connectivity index (χ1) is 15.0. The largest absolute Gasteiger partial charge is 0.497 e. The number of nitrogens with zero attached hydrogens (tertiary/aromatic N) is 2. The standard InChI is InChI=1S/C21H20N6O4/c1-31-13-8-6-12(7-9-13)10-17-24-21(27-26-17)25-18(28)11-16-20(30)22-15-5-3-2-4-14(15)19(29)23-16/h2-9,16H,10-11H2,1H3,(H,22,30)(H,23,29)(H2,24,25,26,27,28)/t16-/m0/s1. The molecule has 1 aromatic heterocycles. The molecule has 0 spiro atoms. The molecular formula is C21H20N6O4. The van der Waals surface area contributed by atoms with Gasteiger partial charge < -0.3 is 15.4 Å². The van der Waals surface area contributed by atoms with Gasteiger partial charge in [0.15, 0.2) is 0 Å². The number of methoxy groups -OCH3 is 1. The maximum absolute atomic E-state index is 12.4. The van der Waals surface area contributed by atoms with Gasteiger partial charge >= 0.3 is 0 Å². The van der Waals surface area contributed by atoms with Crippen LogP contribution < -0.4 is 20.7 Å².